The van der Waals surface area contributed by atoms with Crippen LogP contribution in [-0.4, -0.2) is 29.9 Å². The Kier molecular flexibility index (Phi) is 10.3. The second-order valence-electron chi connectivity index (χ2n) is 12.0. The SMILES string of the molecule is CCOC(=O)C(c1cn([Si](C(C)C)(C(C)C)C(C)C)c2ccc(Br)cc12)N(Cc1ccccc1)Cc1ccccc1. The Bertz CT molecular complexity index is 1370. The van der Waals surface area contributed by atoms with Crippen molar-refractivity contribution in [1.82, 2.24) is 9.13 Å². The molecular weight excluding hydrogens is 588 g/mol. The molecule has 0 radical (unpaired) electrons. The zero-order valence-electron chi connectivity index (χ0n) is 25.6. The number of hydrogen-bond donors (Lipinski definition) is 0. The summed E-state index contributed by atoms with van der Waals surface area (Å²) >= 11 is 3.75. The van der Waals surface area contributed by atoms with E-state index in [-0.39, 0.29) is 5.97 Å². The van der Waals surface area contributed by atoms with Crippen LogP contribution in [0.5, 0.6) is 0 Å². The van der Waals surface area contributed by atoms with Crippen LogP contribution in [0.2, 0.25) is 16.6 Å². The van der Waals surface area contributed by atoms with Crippen molar-refractivity contribution in [2.75, 3.05) is 6.61 Å². The number of rotatable bonds is 12. The summed E-state index contributed by atoms with van der Waals surface area (Å²) in [6.45, 7) is 17.8. The maximum atomic E-state index is 14.1. The first-order valence-corrected chi connectivity index (χ1v) is 17.9. The maximum absolute atomic E-state index is 14.1. The molecule has 4 nitrogen and oxygen atoms in total. The van der Waals surface area contributed by atoms with Crippen LogP contribution < -0.4 is 0 Å². The molecule has 0 aliphatic heterocycles. The number of ether oxygens (including phenoxy) is 1. The molecule has 0 N–H and O–H groups in total. The van der Waals surface area contributed by atoms with Gasteiger partial charge in [-0.05, 0) is 52.9 Å². The van der Waals surface area contributed by atoms with E-state index in [1.54, 1.807) is 0 Å². The normalized spacial score (nSPS) is 13.1. The summed E-state index contributed by atoms with van der Waals surface area (Å²) in [5.41, 5.74) is 6.10. The van der Waals surface area contributed by atoms with E-state index in [1.165, 1.54) is 5.52 Å². The molecule has 0 fully saturated rings. The van der Waals surface area contributed by atoms with E-state index >= 15 is 0 Å². The van der Waals surface area contributed by atoms with Crippen molar-refractivity contribution in [2.24, 2.45) is 0 Å². The van der Waals surface area contributed by atoms with E-state index in [0.29, 0.717) is 36.3 Å². The van der Waals surface area contributed by atoms with Crippen molar-refractivity contribution in [1.29, 1.82) is 0 Å². The predicted molar refractivity (Wildman–Crippen MR) is 178 cm³/mol. The van der Waals surface area contributed by atoms with Crippen molar-refractivity contribution >= 4 is 41.0 Å². The minimum absolute atomic E-state index is 0.204. The number of esters is 1. The molecule has 0 aliphatic carbocycles. The van der Waals surface area contributed by atoms with Crippen LogP contribution in [0, 0.1) is 0 Å². The average Bonchev–Trinajstić information content (AvgIpc) is 3.28. The highest BCUT2D eigenvalue weighted by Crippen LogP contribution is 2.46. The van der Waals surface area contributed by atoms with Gasteiger partial charge in [-0.2, -0.15) is 0 Å². The Hall–Kier alpha value is -2.67. The highest BCUT2D eigenvalue weighted by Gasteiger charge is 2.47. The van der Waals surface area contributed by atoms with E-state index < -0.39 is 14.3 Å². The van der Waals surface area contributed by atoms with Gasteiger partial charge in [-0.3, -0.25) is 4.90 Å². The molecule has 0 saturated carbocycles. The molecule has 1 aromatic heterocycles. The second kappa shape index (κ2) is 13.5. The molecule has 1 heterocycles. The minimum Gasteiger partial charge on any atom is -0.465 e. The third kappa shape index (κ3) is 6.40. The third-order valence-electron chi connectivity index (χ3n) is 8.62. The summed E-state index contributed by atoms with van der Waals surface area (Å²) in [7, 11) is -2.12. The summed E-state index contributed by atoms with van der Waals surface area (Å²) in [6, 6.07) is 26.8. The van der Waals surface area contributed by atoms with Crippen molar-refractivity contribution in [3.8, 4) is 0 Å². The van der Waals surface area contributed by atoms with E-state index in [4.69, 9.17) is 4.74 Å². The lowest BCUT2D eigenvalue weighted by atomic mass is 10.0. The molecule has 1 atom stereocenters. The predicted octanol–water partition coefficient (Wildman–Crippen LogP) is 9.73. The topological polar surface area (TPSA) is 34.5 Å². The smallest absolute Gasteiger partial charge is 0.328 e. The van der Waals surface area contributed by atoms with Gasteiger partial charge in [0.25, 0.3) is 0 Å². The van der Waals surface area contributed by atoms with Gasteiger partial charge >= 0.3 is 5.97 Å². The fourth-order valence-corrected chi connectivity index (χ4v) is 14.2. The van der Waals surface area contributed by atoms with Crippen LogP contribution in [0.3, 0.4) is 0 Å². The van der Waals surface area contributed by atoms with Crippen molar-refractivity contribution in [3.05, 3.63) is 106 Å². The van der Waals surface area contributed by atoms with E-state index in [1.807, 2.05) is 19.1 Å². The summed E-state index contributed by atoms with van der Waals surface area (Å²) in [4.78, 5) is 16.4. The fraction of sp³-hybridized carbons (Fsp3) is 0.400. The van der Waals surface area contributed by atoms with Gasteiger partial charge in [0.05, 0.1) is 6.61 Å². The third-order valence-corrected chi connectivity index (χ3v) is 15.9. The summed E-state index contributed by atoms with van der Waals surface area (Å²) in [5.74, 6) is -0.204. The highest BCUT2D eigenvalue weighted by atomic mass is 79.9. The van der Waals surface area contributed by atoms with Crippen molar-refractivity contribution in [3.63, 3.8) is 0 Å². The lowest BCUT2D eigenvalue weighted by Gasteiger charge is -2.44. The Balaban J connectivity index is 2.00. The van der Waals surface area contributed by atoms with Gasteiger partial charge in [-0.25, -0.2) is 4.79 Å². The Labute approximate surface area is 255 Å². The van der Waals surface area contributed by atoms with Gasteiger partial charge in [-0.1, -0.05) is 118 Å². The molecular formula is C35H45BrN2O2Si. The molecule has 41 heavy (non-hydrogen) atoms. The number of halogens is 1. The van der Waals surface area contributed by atoms with E-state index in [9.17, 15) is 4.79 Å². The fourth-order valence-electron chi connectivity index (χ4n) is 7.17. The molecule has 0 bridgehead atoms. The van der Waals surface area contributed by atoms with Crippen LogP contribution in [0.25, 0.3) is 10.9 Å². The maximum Gasteiger partial charge on any atom is 0.328 e. The van der Waals surface area contributed by atoms with Gasteiger partial charge in [0.1, 0.15) is 6.04 Å². The van der Waals surface area contributed by atoms with Crippen molar-refractivity contribution in [2.45, 2.75) is 84.2 Å². The zero-order valence-corrected chi connectivity index (χ0v) is 28.2. The molecule has 1 unspecified atom stereocenters. The van der Waals surface area contributed by atoms with Crippen LogP contribution in [0.15, 0.2) is 89.5 Å². The Morgan fingerprint density at radius 3 is 1.80 bits per heavy atom. The first-order valence-electron chi connectivity index (χ1n) is 14.9. The molecule has 6 heteroatoms. The monoisotopic (exact) mass is 632 g/mol. The number of aromatic nitrogens is 1. The summed E-state index contributed by atoms with van der Waals surface area (Å²) in [5, 5.41) is 1.11. The first-order chi connectivity index (χ1) is 19.6. The molecule has 4 aromatic rings. The van der Waals surface area contributed by atoms with Gasteiger partial charge in [-0.15, -0.1) is 0 Å². The number of nitrogens with zero attached hydrogens (tertiary/aromatic N) is 2. The van der Waals surface area contributed by atoms with Crippen molar-refractivity contribution < 1.29 is 9.53 Å². The molecule has 4 rings (SSSR count). The molecule has 0 spiro atoms. The number of carbonyl (C=O) groups excluding carboxylic acids is 1. The summed E-state index contributed by atoms with van der Waals surface area (Å²) in [6.07, 6.45) is 2.33. The second-order valence-corrected chi connectivity index (χ2v) is 18.6. The molecule has 3 aromatic carbocycles. The van der Waals surface area contributed by atoms with Gasteiger partial charge in [0, 0.05) is 40.2 Å². The average molecular weight is 634 g/mol. The molecule has 0 saturated heterocycles. The zero-order chi connectivity index (χ0) is 29.7. The lowest BCUT2D eigenvalue weighted by Crippen LogP contribution is -2.51. The van der Waals surface area contributed by atoms with E-state index in [2.05, 4.69) is 140 Å². The Morgan fingerprint density at radius 2 is 1.34 bits per heavy atom. The lowest BCUT2D eigenvalue weighted by molar-refractivity contribution is -0.150. The number of fused-ring (bicyclic) bond motifs is 1. The van der Waals surface area contributed by atoms with Gasteiger partial charge in [0.2, 0.25) is 0 Å². The largest absolute Gasteiger partial charge is 0.465 e. The van der Waals surface area contributed by atoms with Crippen LogP contribution in [0.4, 0.5) is 0 Å². The van der Waals surface area contributed by atoms with Crippen LogP contribution in [0.1, 0.15) is 71.2 Å². The number of hydrogen-bond acceptors (Lipinski definition) is 3. The Morgan fingerprint density at radius 1 is 0.829 bits per heavy atom. The minimum atomic E-state index is -2.12. The standard InChI is InChI=1S/C35H45BrN2O2Si/c1-8-40-35(39)34(37(22-28-15-11-9-12-16-28)23-29-17-13-10-14-18-29)32-24-38(33-20-19-30(36)21-31(32)33)41(25(2)3,26(4)5)27(6)7/h9-21,24-27,34H,8,22-23H2,1-7H3. The molecule has 0 amide bonds. The quantitative estimate of drug-likeness (QED) is 0.115. The van der Waals surface area contributed by atoms with Crippen LogP contribution in [-0.2, 0) is 22.6 Å². The van der Waals surface area contributed by atoms with Gasteiger partial charge < -0.3 is 8.97 Å². The number of benzene rings is 3. The van der Waals surface area contributed by atoms with Crippen LogP contribution >= 0.6 is 15.9 Å². The highest BCUT2D eigenvalue weighted by molar-refractivity contribution is 9.10. The number of carbonyl (C=O) groups is 1. The summed E-state index contributed by atoms with van der Waals surface area (Å²) < 4.78 is 9.47. The van der Waals surface area contributed by atoms with E-state index in [0.717, 1.165) is 26.5 Å². The van der Waals surface area contributed by atoms with Gasteiger partial charge in [0.15, 0.2) is 8.24 Å². The molecule has 218 valence electrons. The molecule has 0 aliphatic rings. The first kappa shape index (κ1) is 31.3.